The van der Waals surface area contributed by atoms with E-state index < -0.39 is 0 Å². The smallest absolute Gasteiger partial charge is 0.226 e. The number of hydrogen-bond acceptors (Lipinski definition) is 5. The lowest BCUT2D eigenvalue weighted by Gasteiger charge is -2.47. The van der Waals surface area contributed by atoms with Gasteiger partial charge in [0.15, 0.2) is 0 Å². The number of anilines is 1. The number of carbonyl (C=O) groups excluding carboxylic acids is 1. The Morgan fingerprint density at radius 3 is 2.71 bits per heavy atom. The number of nitrogens with one attached hydrogen (secondary N) is 1. The first-order valence-electron chi connectivity index (χ1n) is 9.19. The highest BCUT2D eigenvalue weighted by molar-refractivity contribution is 5.82. The first-order valence-corrected chi connectivity index (χ1v) is 9.19. The summed E-state index contributed by atoms with van der Waals surface area (Å²) in [6.07, 6.45) is 9.71. The lowest BCUT2D eigenvalue weighted by Crippen LogP contribution is -2.61. The number of hydrogen-bond donors (Lipinski definition) is 2. The minimum atomic E-state index is -0.0218. The largest absolute Gasteiger partial charge is 0.368 e. The molecule has 6 nitrogen and oxygen atoms in total. The van der Waals surface area contributed by atoms with E-state index in [1.54, 1.807) is 6.20 Å². The molecule has 2 heterocycles. The van der Waals surface area contributed by atoms with Crippen molar-refractivity contribution in [2.24, 2.45) is 17.8 Å². The second-order valence-corrected chi connectivity index (χ2v) is 7.78. The minimum absolute atomic E-state index is 0.0218. The van der Waals surface area contributed by atoms with Crippen LogP contribution < -0.4 is 11.1 Å². The summed E-state index contributed by atoms with van der Waals surface area (Å²) in [5, 5.41) is 3.74. The molecule has 0 aromatic carbocycles. The van der Waals surface area contributed by atoms with E-state index in [4.69, 9.17) is 5.73 Å². The summed E-state index contributed by atoms with van der Waals surface area (Å²) in [5.74, 6) is 2.03. The van der Waals surface area contributed by atoms with Crippen LogP contribution in [0.5, 0.6) is 0 Å². The number of carbonyl (C=O) groups is 1. The zero-order valence-electron chi connectivity index (χ0n) is 13.8. The molecule has 1 aromatic heterocycles. The number of nitrogens with zero attached hydrogens (tertiary/aromatic N) is 3. The van der Waals surface area contributed by atoms with Crippen LogP contribution in [0, 0.1) is 24.2 Å². The van der Waals surface area contributed by atoms with Crippen LogP contribution >= 0.6 is 0 Å². The van der Waals surface area contributed by atoms with Crippen molar-refractivity contribution in [1.82, 2.24) is 20.2 Å². The van der Waals surface area contributed by atoms with Gasteiger partial charge in [0.25, 0.3) is 0 Å². The maximum Gasteiger partial charge on any atom is 0.226 e. The van der Waals surface area contributed by atoms with Crippen LogP contribution in [0.4, 0.5) is 5.95 Å². The van der Waals surface area contributed by atoms with Gasteiger partial charge in [-0.2, -0.15) is 0 Å². The van der Waals surface area contributed by atoms with E-state index in [-0.39, 0.29) is 18.0 Å². The minimum Gasteiger partial charge on any atom is -0.368 e. The quantitative estimate of drug-likeness (QED) is 0.871. The van der Waals surface area contributed by atoms with Gasteiger partial charge in [-0.3, -0.25) is 4.79 Å². The molecule has 127 valence electrons. The van der Waals surface area contributed by atoms with Gasteiger partial charge >= 0.3 is 0 Å². The third-order valence-electron chi connectivity index (χ3n) is 5.87. The lowest BCUT2D eigenvalue weighted by atomic mass is 9.90. The second-order valence-electron chi connectivity index (χ2n) is 7.78. The molecule has 4 aliphatic rings. The number of nitrogens with two attached hydrogens (primary N) is 1. The molecule has 4 atom stereocenters. The Kier molecular flexibility index (Phi) is 3.30. The normalized spacial score (nSPS) is 33.5. The van der Waals surface area contributed by atoms with Crippen molar-refractivity contribution >= 4 is 11.9 Å². The average molecular weight is 326 g/mol. The predicted octanol–water partition coefficient (Wildman–Crippen LogP) is 1.31. The fourth-order valence-corrected chi connectivity index (χ4v) is 4.20. The number of nitrogen functional groups attached to an aromatic ring is 1. The average Bonchev–Trinajstić information content (AvgIpc) is 3.46. The predicted molar refractivity (Wildman–Crippen MR) is 89.5 cm³/mol. The van der Waals surface area contributed by atoms with Crippen molar-refractivity contribution in [1.29, 1.82) is 0 Å². The third-order valence-corrected chi connectivity index (χ3v) is 5.87. The highest BCUT2D eigenvalue weighted by atomic mass is 16.2. The Labute approximate surface area is 142 Å². The van der Waals surface area contributed by atoms with Crippen molar-refractivity contribution in [2.45, 2.75) is 50.2 Å². The third kappa shape index (κ3) is 2.57. The van der Waals surface area contributed by atoms with Crippen molar-refractivity contribution in [3.63, 3.8) is 0 Å². The molecule has 5 rings (SSSR count). The van der Waals surface area contributed by atoms with E-state index in [1.807, 2.05) is 6.07 Å². The molecule has 3 saturated carbocycles. The fourth-order valence-electron chi connectivity index (χ4n) is 4.20. The van der Waals surface area contributed by atoms with Gasteiger partial charge < -0.3 is 16.0 Å². The summed E-state index contributed by atoms with van der Waals surface area (Å²) < 4.78 is 0. The maximum atomic E-state index is 13.2. The van der Waals surface area contributed by atoms with Crippen LogP contribution in [0.1, 0.15) is 43.8 Å². The second kappa shape index (κ2) is 5.41. The van der Waals surface area contributed by atoms with Crippen LogP contribution in [0.25, 0.3) is 0 Å². The van der Waals surface area contributed by atoms with E-state index in [0.29, 0.717) is 29.7 Å². The van der Waals surface area contributed by atoms with E-state index in [9.17, 15) is 4.79 Å². The van der Waals surface area contributed by atoms with Crippen molar-refractivity contribution in [3.8, 4) is 0 Å². The van der Waals surface area contributed by atoms with E-state index in [0.717, 1.165) is 31.5 Å². The molecule has 0 spiro atoms. The molecular formula is C18H24N5O. The summed E-state index contributed by atoms with van der Waals surface area (Å²) >= 11 is 0. The van der Waals surface area contributed by atoms with Crippen LogP contribution in [0.2, 0.25) is 0 Å². The molecule has 1 amide bonds. The van der Waals surface area contributed by atoms with Gasteiger partial charge in [-0.1, -0.05) is 0 Å². The number of aromatic nitrogens is 2. The van der Waals surface area contributed by atoms with E-state index >= 15 is 0 Å². The van der Waals surface area contributed by atoms with Gasteiger partial charge in [-0.15, -0.1) is 0 Å². The summed E-state index contributed by atoms with van der Waals surface area (Å²) in [4.78, 5) is 23.9. The van der Waals surface area contributed by atoms with Gasteiger partial charge in [0.05, 0.1) is 11.7 Å². The first kappa shape index (κ1) is 14.6. The molecule has 3 N–H and O–H groups in total. The highest BCUT2D eigenvalue weighted by Gasteiger charge is 2.52. The van der Waals surface area contributed by atoms with E-state index in [1.165, 1.54) is 12.8 Å². The van der Waals surface area contributed by atoms with Crippen molar-refractivity contribution in [3.05, 3.63) is 24.4 Å². The Balaban J connectivity index is 1.55. The Bertz CT molecular complexity index is 653. The van der Waals surface area contributed by atoms with Gasteiger partial charge in [0.1, 0.15) is 0 Å². The standard InChI is InChI=1S/C18H24N5O/c19-18-20-8-7-13(22-18)16-15(11-3-4-11)21-9-14(10-1-2-10)23(16)17(24)12-5-6-12/h3,7-8,10-12,14-16,21H,1-2,4-6,9H2,(H2,19,20,22). The molecule has 4 fully saturated rings. The number of rotatable bonds is 4. The Morgan fingerprint density at radius 1 is 1.29 bits per heavy atom. The fraction of sp³-hybridized carbons (Fsp3) is 0.667. The topological polar surface area (TPSA) is 84.1 Å². The zero-order valence-corrected chi connectivity index (χ0v) is 13.8. The van der Waals surface area contributed by atoms with Crippen molar-refractivity contribution in [2.75, 3.05) is 12.3 Å². The molecular weight excluding hydrogens is 302 g/mol. The molecule has 6 heteroatoms. The van der Waals surface area contributed by atoms with Crippen LogP contribution in [0.15, 0.2) is 12.3 Å². The van der Waals surface area contributed by atoms with E-state index in [2.05, 4.69) is 26.6 Å². The van der Waals surface area contributed by atoms with Gasteiger partial charge in [-0.25, -0.2) is 9.97 Å². The highest BCUT2D eigenvalue weighted by Crippen LogP contribution is 2.47. The molecule has 1 saturated heterocycles. The summed E-state index contributed by atoms with van der Waals surface area (Å²) in [7, 11) is 0. The van der Waals surface area contributed by atoms with Crippen molar-refractivity contribution < 1.29 is 4.79 Å². The Hall–Kier alpha value is -1.69. The Morgan fingerprint density at radius 2 is 2.08 bits per heavy atom. The number of amides is 1. The summed E-state index contributed by atoms with van der Waals surface area (Å²) in [6.45, 7) is 0.912. The summed E-state index contributed by atoms with van der Waals surface area (Å²) in [5.41, 5.74) is 6.74. The molecule has 24 heavy (non-hydrogen) atoms. The van der Waals surface area contributed by atoms with Gasteiger partial charge in [0.2, 0.25) is 11.9 Å². The number of piperazine rings is 1. The molecule has 3 aliphatic carbocycles. The molecule has 1 aromatic rings. The van der Waals surface area contributed by atoms with Crippen LogP contribution in [-0.2, 0) is 4.79 Å². The van der Waals surface area contributed by atoms with Gasteiger partial charge in [-0.05, 0) is 56.4 Å². The van der Waals surface area contributed by atoms with Crippen LogP contribution in [0.3, 0.4) is 0 Å². The monoisotopic (exact) mass is 326 g/mol. The molecule has 0 bridgehead atoms. The van der Waals surface area contributed by atoms with Crippen LogP contribution in [-0.4, -0.2) is 39.4 Å². The molecule has 4 unspecified atom stereocenters. The summed E-state index contributed by atoms with van der Waals surface area (Å²) in [6, 6.07) is 2.46. The zero-order chi connectivity index (χ0) is 16.3. The lowest BCUT2D eigenvalue weighted by molar-refractivity contribution is -0.142. The SMILES string of the molecule is Nc1nccc(C2C(C3[CH]C3)NCC(C3CC3)N2C(=O)C2CC2)n1. The first-order chi connectivity index (χ1) is 11.7. The molecule has 1 aliphatic heterocycles. The maximum absolute atomic E-state index is 13.2. The molecule has 1 radical (unpaired) electrons. The van der Waals surface area contributed by atoms with Gasteiger partial charge in [0, 0.05) is 30.7 Å².